The van der Waals surface area contributed by atoms with Crippen LogP contribution in [0.2, 0.25) is 0 Å². The Bertz CT molecular complexity index is 635. The number of benzene rings is 1. The summed E-state index contributed by atoms with van der Waals surface area (Å²) in [7, 11) is 1.31. The van der Waals surface area contributed by atoms with E-state index in [2.05, 4.69) is 5.32 Å². The van der Waals surface area contributed by atoms with E-state index in [9.17, 15) is 9.59 Å². The van der Waals surface area contributed by atoms with Gasteiger partial charge in [0.1, 0.15) is 6.04 Å². The van der Waals surface area contributed by atoms with Crippen molar-refractivity contribution in [2.24, 2.45) is 0 Å². The molecule has 0 aliphatic heterocycles. The van der Waals surface area contributed by atoms with Crippen molar-refractivity contribution in [3.05, 3.63) is 64.4 Å². The smallest absolute Gasteiger partial charge is 0.328 e. The fraction of sp³-hybridized carbons (Fsp3) is 0.176. The zero-order chi connectivity index (χ0) is 15.8. The highest BCUT2D eigenvalue weighted by Gasteiger charge is 2.20. The maximum absolute atomic E-state index is 12.0. The van der Waals surface area contributed by atoms with Gasteiger partial charge in [0.25, 0.3) is 0 Å². The van der Waals surface area contributed by atoms with Crippen LogP contribution in [0.4, 0.5) is 0 Å². The van der Waals surface area contributed by atoms with Crippen LogP contribution in [0, 0.1) is 0 Å². The highest BCUT2D eigenvalue weighted by Crippen LogP contribution is 2.10. The highest BCUT2D eigenvalue weighted by atomic mass is 32.1. The number of hydrogen-bond acceptors (Lipinski definition) is 4. The number of thiophene rings is 1. The van der Waals surface area contributed by atoms with E-state index in [0.29, 0.717) is 6.42 Å². The summed E-state index contributed by atoms with van der Waals surface area (Å²) in [5.41, 5.74) is 0.959. The number of esters is 1. The molecule has 0 aliphatic rings. The number of carbonyl (C=O) groups excluding carboxylic acids is 2. The van der Waals surface area contributed by atoms with Crippen LogP contribution in [-0.2, 0) is 20.7 Å². The average Bonchev–Trinajstić information content (AvgIpc) is 3.06. The first-order valence-corrected chi connectivity index (χ1v) is 7.71. The summed E-state index contributed by atoms with van der Waals surface area (Å²) < 4.78 is 4.76. The van der Waals surface area contributed by atoms with Gasteiger partial charge >= 0.3 is 5.97 Å². The van der Waals surface area contributed by atoms with Crippen molar-refractivity contribution in [2.75, 3.05) is 7.11 Å². The Balaban J connectivity index is 2.00. The Morgan fingerprint density at radius 1 is 1.23 bits per heavy atom. The monoisotopic (exact) mass is 315 g/mol. The molecule has 1 unspecified atom stereocenters. The third-order valence-electron chi connectivity index (χ3n) is 3.03. The molecular weight excluding hydrogens is 298 g/mol. The van der Waals surface area contributed by atoms with Gasteiger partial charge in [0.2, 0.25) is 5.91 Å². The zero-order valence-corrected chi connectivity index (χ0v) is 13.0. The van der Waals surface area contributed by atoms with Crippen LogP contribution in [0.1, 0.15) is 10.4 Å². The van der Waals surface area contributed by atoms with Crippen LogP contribution < -0.4 is 5.32 Å². The Hall–Kier alpha value is -2.40. The predicted molar refractivity (Wildman–Crippen MR) is 87.4 cm³/mol. The van der Waals surface area contributed by atoms with Crippen molar-refractivity contribution < 1.29 is 14.3 Å². The first-order chi connectivity index (χ1) is 10.7. The summed E-state index contributed by atoms with van der Waals surface area (Å²) in [6, 6.07) is 12.6. The van der Waals surface area contributed by atoms with E-state index in [1.54, 1.807) is 6.08 Å². The molecule has 1 N–H and O–H groups in total. The molecule has 5 heteroatoms. The number of ether oxygens (including phenoxy) is 1. The number of rotatable bonds is 6. The summed E-state index contributed by atoms with van der Waals surface area (Å²) in [5.74, 6) is -0.776. The van der Waals surface area contributed by atoms with Gasteiger partial charge in [0.15, 0.2) is 0 Å². The van der Waals surface area contributed by atoms with E-state index in [-0.39, 0.29) is 5.91 Å². The molecular formula is C17H17NO3S. The van der Waals surface area contributed by atoms with Gasteiger partial charge in [-0.05, 0) is 23.1 Å². The lowest BCUT2D eigenvalue weighted by Gasteiger charge is -2.15. The first-order valence-electron chi connectivity index (χ1n) is 6.83. The van der Waals surface area contributed by atoms with Gasteiger partial charge in [-0.15, -0.1) is 11.3 Å². The van der Waals surface area contributed by atoms with Gasteiger partial charge in [-0.3, -0.25) is 4.79 Å². The lowest BCUT2D eigenvalue weighted by atomic mass is 10.1. The standard InChI is InChI=1S/C17H17NO3S/c1-21-17(20)15(12-13-6-3-2-4-7-13)18-16(19)10-9-14-8-5-11-22-14/h2-11,15H,12H2,1H3,(H,18,19)/b10-9+. The van der Waals surface area contributed by atoms with Crippen molar-refractivity contribution >= 4 is 29.3 Å². The van der Waals surface area contributed by atoms with E-state index < -0.39 is 12.0 Å². The molecule has 0 fully saturated rings. The molecule has 2 aromatic rings. The Morgan fingerprint density at radius 3 is 2.64 bits per heavy atom. The van der Waals surface area contributed by atoms with Crippen LogP contribution in [0.25, 0.3) is 6.08 Å². The molecule has 1 heterocycles. The molecule has 0 bridgehead atoms. The van der Waals surface area contributed by atoms with Crippen LogP contribution in [0.5, 0.6) is 0 Å². The second-order valence-electron chi connectivity index (χ2n) is 4.62. The molecule has 0 radical (unpaired) electrons. The molecule has 0 saturated heterocycles. The molecule has 22 heavy (non-hydrogen) atoms. The number of hydrogen-bond donors (Lipinski definition) is 1. The predicted octanol–water partition coefficient (Wildman–Crippen LogP) is 2.66. The molecule has 1 atom stereocenters. The van der Waals surface area contributed by atoms with E-state index >= 15 is 0 Å². The van der Waals surface area contributed by atoms with Crippen molar-refractivity contribution in [3.8, 4) is 0 Å². The molecule has 114 valence electrons. The topological polar surface area (TPSA) is 55.4 Å². The highest BCUT2D eigenvalue weighted by molar-refractivity contribution is 7.10. The Kier molecular flexibility index (Phi) is 5.91. The van der Waals surface area contributed by atoms with Crippen molar-refractivity contribution in [2.45, 2.75) is 12.5 Å². The van der Waals surface area contributed by atoms with Crippen LogP contribution in [-0.4, -0.2) is 25.0 Å². The molecule has 1 aromatic heterocycles. The van der Waals surface area contributed by atoms with E-state index in [0.717, 1.165) is 10.4 Å². The molecule has 1 amide bonds. The van der Waals surface area contributed by atoms with Crippen molar-refractivity contribution in [1.29, 1.82) is 0 Å². The summed E-state index contributed by atoms with van der Waals surface area (Å²) in [4.78, 5) is 24.8. The number of carbonyl (C=O) groups is 2. The molecule has 0 saturated carbocycles. The minimum Gasteiger partial charge on any atom is -0.467 e. The van der Waals surface area contributed by atoms with E-state index in [1.165, 1.54) is 24.5 Å². The first kappa shape index (κ1) is 16.0. The SMILES string of the molecule is COC(=O)C(Cc1ccccc1)NC(=O)/C=C/c1cccs1. The number of methoxy groups -OCH3 is 1. The lowest BCUT2D eigenvalue weighted by Crippen LogP contribution is -2.42. The van der Waals surface area contributed by atoms with Gasteiger partial charge in [0, 0.05) is 17.4 Å². The quantitative estimate of drug-likeness (QED) is 0.658. The normalized spacial score (nSPS) is 12.0. The van der Waals surface area contributed by atoms with E-state index in [4.69, 9.17) is 4.74 Å². The molecule has 0 aliphatic carbocycles. The average molecular weight is 315 g/mol. The van der Waals surface area contributed by atoms with Crippen molar-refractivity contribution in [3.63, 3.8) is 0 Å². The Morgan fingerprint density at radius 2 is 2.00 bits per heavy atom. The Labute approximate surface area is 133 Å². The summed E-state index contributed by atoms with van der Waals surface area (Å²) in [6.45, 7) is 0. The molecule has 4 nitrogen and oxygen atoms in total. The second kappa shape index (κ2) is 8.14. The largest absolute Gasteiger partial charge is 0.467 e. The minimum atomic E-state index is -0.701. The van der Waals surface area contributed by atoms with Crippen LogP contribution in [0.15, 0.2) is 53.9 Å². The third-order valence-corrected chi connectivity index (χ3v) is 3.86. The third kappa shape index (κ3) is 4.86. The molecule has 0 spiro atoms. The molecule has 2 rings (SSSR count). The number of amides is 1. The number of nitrogens with one attached hydrogen (secondary N) is 1. The van der Waals surface area contributed by atoms with Gasteiger partial charge in [0.05, 0.1) is 7.11 Å². The van der Waals surface area contributed by atoms with E-state index in [1.807, 2.05) is 47.8 Å². The van der Waals surface area contributed by atoms with Crippen LogP contribution in [0.3, 0.4) is 0 Å². The lowest BCUT2D eigenvalue weighted by molar-refractivity contribution is -0.144. The molecule has 1 aromatic carbocycles. The van der Waals surface area contributed by atoms with Crippen LogP contribution >= 0.6 is 11.3 Å². The maximum Gasteiger partial charge on any atom is 0.328 e. The van der Waals surface area contributed by atoms with Gasteiger partial charge in [-0.1, -0.05) is 36.4 Å². The maximum atomic E-state index is 12.0. The van der Waals surface area contributed by atoms with Gasteiger partial charge in [-0.2, -0.15) is 0 Å². The summed E-state index contributed by atoms with van der Waals surface area (Å²) in [5, 5.41) is 4.62. The minimum absolute atomic E-state index is 0.320. The van der Waals surface area contributed by atoms with Gasteiger partial charge in [-0.25, -0.2) is 4.79 Å². The van der Waals surface area contributed by atoms with Crippen molar-refractivity contribution in [1.82, 2.24) is 5.32 Å². The zero-order valence-electron chi connectivity index (χ0n) is 12.2. The summed E-state index contributed by atoms with van der Waals surface area (Å²) in [6.07, 6.45) is 3.54. The fourth-order valence-corrected chi connectivity index (χ4v) is 2.57. The second-order valence-corrected chi connectivity index (χ2v) is 5.60. The van der Waals surface area contributed by atoms with Gasteiger partial charge < -0.3 is 10.1 Å². The summed E-state index contributed by atoms with van der Waals surface area (Å²) >= 11 is 1.54. The fourth-order valence-electron chi connectivity index (χ4n) is 1.95.